The summed E-state index contributed by atoms with van der Waals surface area (Å²) < 4.78 is 12.7. The van der Waals surface area contributed by atoms with Crippen LogP contribution in [0.4, 0.5) is 5.13 Å². The van der Waals surface area contributed by atoms with Gasteiger partial charge in [-0.15, -0.1) is 0 Å². The van der Waals surface area contributed by atoms with Crippen LogP contribution in [0.15, 0.2) is 80.9 Å². The fourth-order valence-electron chi connectivity index (χ4n) is 2.40. The van der Waals surface area contributed by atoms with Crippen molar-refractivity contribution in [1.29, 1.82) is 0 Å². The first kappa shape index (κ1) is 18.4. The van der Waals surface area contributed by atoms with Crippen LogP contribution in [0.3, 0.4) is 0 Å². The number of nitrogens with zero attached hydrogens (tertiary/aromatic N) is 3. The van der Waals surface area contributed by atoms with Gasteiger partial charge in [-0.05, 0) is 42.5 Å². The Kier molecular flexibility index (Phi) is 5.50. The number of furan rings is 1. The number of halogens is 1. The normalized spacial score (nSPS) is 11.2. The number of para-hydroxylation sites is 1. The second-order valence-electron chi connectivity index (χ2n) is 5.68. The van der Waals surface area contributed by atoms with Crippen molar-refractivity contribution >= 4 is 54.7 Å². The van der Waals surface area contributed by atoms with E-state index in [9.17, 15) is 4.79 Å². The molecule has 0 fully saturated rings. The number of rotatable bonds is 6. The summed E-state index contributed by atoms with van der Waals surface area (Å²) in [7, 11) is 0. The lowest BCUT2D eigenvalue weighted by Gasteiger charge is -2.14. The average Bonchev–Trinajstić information content (AvgIpc) is 3.37. The van der Waals surface area contributed by atoms with Crippen LogP contribution in [-0.4, -0.2) is 23.7 Å². The molecule has 0 radical (unpaired) electrons. The standard InChI is InChI=1S/C20H14BrN3O3S/c21-14-8-9-17-18(11-14)28-20(23-17)24(22-12-16-7-4-10-26-16)19(25)13-27-15-5-2-1-3-6-15/h1-12H,13H2/b22-12+. The molecule has 0 aliphatic rings. The molecule has 4 rings (SSSR count). The van der Waals surface area contributed by atoms with Crippen LogP contribution in [-0.2, 0) is 4.79 Å². The lowest BCUT2D eigenvalue weighted by Crippen LogP contribution is -2.30. The summed E-state index contributed by atoms with van der Waals surface area (Å²) in [4.78, 5) is 17.4. The summed E-state index contributed by atoms with van der Waals surface area (Å²) in [5.74, 6) is 0.800. The van der Waals surface area contributed by atoms with E-state index in [1.54, 1.807) is 30.5 Å². The summed E-state index contributed by atoms with van der Waals surface area (Å²) in [6.45, 7) is -0.168. The van der Waals surface area contributed by atoms with Gasteiger partial charge in [0.15, 0.2) is 6.61 Å². The molecule has 0 aliphatic carbocycles. The molecule has 2 aromatic heterocycles. The minimum Gasteiger partial charge on any atom is -0.484 e. The van der Waals surface area contributed by atoms with Gasteiger partial charge in [0.2, 0.25) is 5.13 Å². The molecule has 0 N–H and O–H groups in total. The number of carbonyl (C=O) groups is 1. The highest BCUT2D eigenvalue weighted by molar-refractivity contribution is 9.10. The molecule has 0 saturated heterocycles. The van der Waals surface area contributed by atoms with Gasteiger partial charge >= 0.3 is 0 Å². The molecule has 1 amide bonds. The number of fused-ring (bicyclic) bond motifs is 1. The lowest BCUT2D eigenvalue weighted by molar-refractivity contribution is -0.120. The summed E-state index contributed by atoms with van der Waals surface area (Å²) in [5, 5.41) is 5.98. The maximum Gasteiger partial charge on any atom is 0.287 e. The summed E-state index contributed by atoms with van der Waals surface area (Å²) in [6.07, 6.45) is 3.02. The number of amides is 1. The van der Waals surface area contributed by atoms with E-state index in [1.807, 2.05) is 36.4 Å². The third kappa shape index (κ3) is 4.29. The monoisotopic (exact) mass is 455 g/mol. The largest absolute Gasteiger partial charge is 0.484 e. The van der Waals surface area contributed by atoms with Gasteiger partial charge in [-0.25, -0.2) is 4.98 Å². The fraction of sp³-hybridized carbons (Fsp3) is 0.0500. The first-order valence-electron chi connectivity index (χ1n) is 8.33. The quantitative estimate of drug-likeness (QED) is 0.299. The van der Waals surface area contributed by atoms with E-state index < -0.39 is 0 Å². The van der Waals surface area contributed by atoms with Crippen molar-refractivity contribution in [3.8, 4) is 5.75 Å². The molecular formula is C20H14BrN3O3S. The van der Waals surface area contributed by atoms with Gasteiger partial charge in [-0.2, -0.15) is 10.1 Å². The smallest absolute Gasteiger partial charge is 0.287 e. The Hall–Kier alpha value is -2.97. The van der Waals surface area contributed by atoms with E-state index in [0.29, 0.717) is 16.6 Å². The number of hydrazone groups is 1. The molecule has 4 aromatic rings. The molecule has 8 heteroatoms. The highest BCUT2D eigenvalue weighted by Crippen LogP contribution is 2.31. The zero-order valence-electron chi connectivity index (χ0n) is 14.5. The average molecular weight is 456 g/mol. The van der Waals surface area contributed by atoms with Crippen LogP contribution in [0, 0.1) is 0 Å². The van der Waals surface area contributed by atoms with Crippen molar-refractivity contribution in [3.05, 3.63) is 77.2 Å². The van der Waals surface area contributed by atoms with E-state index in [0.717, 1.165) is 14.7 Å². The van der Waals surface area contributed by atoms with Crippen LogP contribution in [0.25, 0.3) is 10.2 Å². The molecular weight excluding hydrogens is 442 g/mol. The fourth-order valence-corrected chi connectivity index (χ4v) is 3.89. The minimum atomic E-state index is -0.343. The predicted molar refractivity (Wildman–Crippen MR) is 113 cm³/mol. The number of anilines is 1. The van der Waals surface area contributed by atoms with Gasteiger partial charge in [0.05, 0.1) is 22.7 Å². The number of benzene rings is 2. The number of thiazole rings is 1. The molecule has 0 spiro atoms. The summed E-state index contributed by atoms with van der Waals surface area (Å²) in [5.41, 5.74) is 0.790. The first-order chi connectivity index (χ1) is 13.7. The maximum absolute atomic E-state index is 12.8. The van der Waals surface area contributed by atoms with E-state index in [2.05, 4.69) is 26.0 Å². The van der Waals surface area contributed by atoms with Crippen molar-refractivity contribution in [2.45, 2.75) is 0 Å². The van der Waals surface area contributed by atoms with E-state index in [4.69, 9.17) is 9.15 Å². The summed E-state index contributed by atoms with van der Waals surface area (Å²) >= 11 is 4.82. The van der Waals surface area contributed by atoms with E-state index >= 15 is 0 Å². The molecule has 2 aromatic carbocycles. The van der Waals surface area contributed by atoms with Crippen molar-refractivity contribution in [3.63, 3.8) is 0 Å². The molecule has 6 nitrogen and oxygen atoms in total. The van der Waals surface area contributed by atoms with Crippen LogP contribution < -0.4 is 9.75 Å². The zero-order chi connectivity index (χ0) is 19.3. The zero-order valence-corrected chi connectivity index (χ0v) is 16.9. The van der Waals surface area contributed by atoms with E-state index in [1.165, 1.54) is 22.6 Å². The Labute approximate surface area is 173 Å². The Morgan fingerprint density at radius 2 is 2.07 bits per heavy atom. The molecule has 0 aliphatic heterocycles. The Balaban J connectivity index is 1.61. The van der Waals surface area contributed by atoms with Gasteiger partial charge < -0.3 is 9.15 Å². The number of carbonyl (C=O) groups excluding carboxylic acids is 1. The molecule has 2 heterocycles. The third-order valence-electron chi connectivity index (χ3n) is 3.71. The van der Waals surface area contributed by atoms with Gasteiger partial charge in [0.1, 0.15) is 11.5 Å². The van der Waals surface area contributed by atoms with Crippen molar-refractivity contribution in [1.82, 2.24) is 4.98 Å². The number of ether oxygens (including phenoxy) is 1. The molecule has 0 unspecified atom stereocenters. The van der Waals surface area contributed by atoms with Crippen molar-refractivity contribution in [2.75, 3.05) is 11.6 Å². The lowest BCUT2D eigenvalue weighted by atomic mass is 10.3. The van der Waals surface area contributed by atoms with Gasteiger partial charge in [-0.1, -0.05) is 45.5 Å². The number of hydrogen-bond acceptors (Lipinski definition) is 6. The minimum absolute atomic E-state index is 0.168. The Morgan fingerprint density at radius 3 is 2.86 bits per heavy atom. The van der Waals surface area contributed by atoms with Gasteiger partial charge in [0, 0.05) is 4.47 Å². The molecule has 28 heavy (non-hydrogen) atoms. The second kappa shape index (κ2) is 8.37. The van der Waals surface area contributed by atoms with Gasteiger partial charge in [0.25, 0.3) is 5.91 Å². The summed E-state index contributed by atoms with van der Waals surface area (Å²) in [6, 6.07) is 18.4. The first-order valence-corrected chi connectivity index (χ1v) is 9.94. The van der Waals surface area contributed by atoms with Gasteiger partial charge in [-0.3, -0.25) is 4.79 Å². The topological polar surface area (TPSA) is 67.9 Å². The van der Waals surface area contributed by atoms with Crippen LogP contribution in [0.1, 0.15) is 5.76 Å². The molecule has 0 saturated carbocycles. The van der Waals surface area contributed by atoms with Crippen molar-refractivity contribution in [2.24, 2.45) is 5.10 Å². The number of hydrogen-bond donors (Lipinski definition) is 0. The van der Waals surface area contributed by atoms with E-state index in [-0.39, 0.29) is 12.5 Å². The Morgan fingerprint density at radius 1 is 1.21 bits per heavy atom. The van der Waals surface area contributed by atoms with Crippen LogP contribution >= 0.6 is 27.3 Å². The molecule has 0 atom stereocenters. The van der Waals surface area contributed by atoms with Crippen molar-refractivity contribution < 1.29 is 13.9 Å². The molecule has 140 valence electrons. The highest BCUT2D eigenvalue weighted by atomic mass is 79.9. The molecule has 0 bridgehead atoms. The SMILES string of the molecule is O=C(COc1ccccc1)N(/N=C/c1ccco1)c1nc2ccc(Br)cc2s1. The highest BCUT2D eigenvalue weighted by Gasteiger charge is 2.20. The van der Waals surface area contributed by atoms with Crippen LogP contribution in [0.5, 0.6) is 5.75 Å². The van der Waals surface area contributed by atoms with Crippen LogP contribution in [0.2, 0.25) is 0 Å². The number of aromatic nitrogens is 1. The third-order valence-corrected chi connectivity index (χ3v) is 5.19. The predicted octanol–water partition coefficient (Wildman–Crippen LogP) is 5.10. The Bertz CT molecular complexity index is 1110. The second-order valence-corrected chi connectivity index (χ2v) is 7.60. The maximum atomic E-state index is 12.8.